The molecule has 1 saturated heterocycles. The quantitative estimate of drug-likeness (QED) is 0.737. The number of benzene rings is 1. The maximum Gasteiger partial charge on any atom is 0.242 e. The van der Waals surface area contributed by atoms with Crippen LogP contribution in [0.15, 0.2) is 48.8 Å². The molecule has 6 heteroatoms. The monoisotopic (exact) mass is 339 g/mol. The third kappa shape index (κ3) is 3.25. The van der Waals surface area contributed by atoms with Gasteiger partial charge in [0.05, 0.1) is 24.2 Å². The van der Waals surface area contributed by atoms with E-state index in [0.29, 0.717) is 26.3 Å². The number of carbonyl (C=O) groups excluding carboxylic acids is 1. The molecule has 3 heterocycles. The number of amides is 1. The molecular weight excluding hydrogens is 321 g/mol. The van der Waals surface area contributed by atoms with Gasteiger partial charge in [0.25, 0.3) is 0 Å². The maximum absolute atomic E-state index is 13.5. The van der Waals surface area contributed by atoms with Crippen molar-refractivity contribution in [3.63, 3.8) is 0 Å². The van der Waals surface area contributed by atoms with Crippen LogP contribution >= 0.6 is 0 Å². The number of hydrogen-bond acceptors (Lipinski definition) is 3. The predicted octanol–water partition coefficient (Wildman–Crippen LogP) is 2.70. The number of ether oxygens (including phenoxy) is 1. The minimum absolute atomic E-state index is 0.0666. The second kappa shape index (κ2) is 6.64. The molecule has 5 nitrogen and oxygen atoms in total. The first kappa shape index (κ1) is 15.8. The van der Waals surface area contributed by atoms with Crippen molar-refractivity contribution < 1.29 is 13.9 Å². The smallest absolute Gasteiger partial charge is 0.242 e. The van der Waals surface area contributed by atoms with Crippen molar-refractivity contribution in [3.05, 3.63) is 54.6 Å². The van der Waals surface area contributed by atoms with Crippen molar-refractivity contribution in [1.29, 1.82) is 0 Å². The fourth-order valence-electron chi connectivity index (χ4n) is 3.09. The second-order valence-corrected chi connectivity index (χ2v) is 6.08. The molecule has 0 unspecified atom stereocenters. The fraction of sp³-hybridized carbons (Fsp3) is 0.263. The highest BCUT2D eigenvalue weighted by Crippen LogP contribution is 2.24. The van der Waals surface area contributed by atoms with Gasteiger partial charge in [0.15, 0.2) is 0 Å². The number of nitrogens with zero attached hydrogens (tertiary/aromatic N) is 3. The minimum Gasteiger partial charge on any atom is -0.378 e. The predicted molar refractivity (Wildman–Crippen MR) is 92.5 cm³/mol. The van der Waals surface area contributed by atoms with Crippen LogP contribution in [0.5, 0.6) is 0 Å². The number of rotatable bonds is 3. The van der Waals surface area contributed by atoms with Crippen molar-refractivity contribution in [3.8, 4) is 11.1 Å². The normalized spacial score (nSPS) is 14.8. The van der Waals surface area contributed by atoms with Crippen molar-refractivity contribution in [2.45, 2.75) is 6.54 Å². The van der Waals surface area contributed by atoms with E-state index in [2.05, 4.69) is 4.98 Å². The summed E-state index contributed by atoms with van der Waals surface area (Å²) in [5, 5.41) is 0. The van der Waals surface area contributed by atoms with E-state index in [-0.39, 0.29) is 18.3 Å². The molecule has 128 valence electrons. The summed E-state index contributed by atoms with van der Waals surface area (Å²) in [6, 6.07) is 10.3. The lowest BCUT2D eigenvalue weighted by Crippen LogP contribution is -2.42. The highest BCUT2D eigenvalue weighted by molar-refractivity contribution is 5.84. The number of pyridine rings is 1. The molecular formula is C19H18FN3O2. The Kier molecular flexibility index (Phi) is 4.19. The molecule has 0 radical (unpaired) electrons. The Hall–Kier alpha value is -2.73. The van der Waals surface area contributed by atoms with E-state index in [1.165, 1.54) is 12.1 Å². The first-order chi connectivity index (χ1) is 12.2. The average molecular weight is 339 g/mol. The van der Waals surface area contributed by atoms with Crippen molar-refractivity contribution in [1.82, 2.24) is 14.5 Å². The van der Waals surface area contributed by atoms with Gasteiger partial charge in [-0.3, -0.25) is 9.78 Å². The van der Waals surface area contributed by atoms with Gasteiger partial charge in [-0.05, 0) is 29.8 Å². The van der Waals surface area contributed by atoms with Gasteiger partial charge in [0, 0.05) is 31.0 Å². The van der Waals surface area contributed by atoms with Crippen LogP contribution < -0.4 is 0 Å². The van der Waals surface area contributed by atoms with Crippen LogP contribution in [0.2, 0.25) is 0 Å². The van der Waals surface area contributed by atoms with Crippen LogP contribution in [0.1, 0.15) is 0 Å². The summed E-state index contributed by atoms with van der Waals surface area (Å²) in [5.74, 6) is -0.215. The Labute approximate surface area is 144 Å². The van der Waals surface area contributed by atoms with Crippen LogP contribution in [0.3, 0.4) is 0 Å². The Morgan fingerprint density at radius 2 is 2.00 bits per heavy atom. The van der Waals surface area contributed by atoms with Crippen LogP contribution in [-0.4, -0.2) is 46.7 Å². The Morgan fingerprint density at radius 1 is 1.16 bits per heavy atom. The van der Waals surface area contributed by atoms with Crippen LogP contribution in [0.4, 0.5) is 4.39 Å². The van der Waals surface area contributed by atoms with Gasteiger partial charge in [-0.1, -0.05) is 12.1 Å². The summed E-state index contributed by atoms with van der Waals surface area (Å²) < 4.78 is 20.7. The molecule has 0 spiro atoms. The zero-order chi connectivity index (χ0) is 17.2. The molecule has 1 aliphatic heterocycles. The third-order valence-corrected chi connectivity index (χ3v) is 4.45. The van der Waals surface area contributed by atoms with Gasteiger partial charge in [0.1, 0.15) is 12.4 Å². The lowest BCUT2D eigenvalue weighted by Gasteiger charge is -2.27. The third-order valence-electron chi connectivity index (χ3n) is 4.45. The zero-order valence-electron chi connectivity index (χ0n) is 13.7. The van der Waals surface area contributed by atoms with Crippen molar-refractivity contribution in [2.75, 3.05) is 26.3 Å². The Morgan fingerprint density at radius 3 is 2.80 bits per heavy atom. The molecule has 1 fully saturated rings. The topological polar surface area (TPSA) is 47.4 Å². The van der Waals surface area contributed by atoms with E-state index >= 15 is 0 Å². The molecule has 1 aliphatic rings. The van der Waals surface area contributed by atoms with Crippen molar-refractivity contribution in [2.24, 2.45) is 0 Å². The summed E-state index contributed by atoms with van der Waals surface area (Å²) in [6.07, 6.45) is 3.59. The number of morpholine rings is 1. The zero-order valence-corrected chi connectivity index (χ0v) is 13.7. The molecule has 4 rings (SSSR count). The van der Waals surface area contributed by atoms with E-state index in [1.807, 2.05) is 33.9 Å². The van der Waals surface area contributed by atoms with E-state index in [0.717, 1.165) is 22.2 Å². The van der Waals surface area contributed by atoms with E-state index in [9.17, 15) is 9.18 Å². The molecule has 0 bridgehead atoms. The van der Waals surface area contributed by atoms with Gasteiger partial charge in [-0.25, -0.2) is 4.39 Å². The molecule has 0 saturated carbocycles. The summed E-state index contributed by atoms with van der Waals surface area (Å²) in [6.45, 7) is 2.69. The fourth-order valence-corrected chi connectivity index (χ4v) is 3.09. The van der Waals surface area contributed by atoms with Crippen LogP contribution in [-0.2, 0) is 16.1 Å². The minimum atomic E-state index is -0.282. The summed E-state index contributed by atoms with van der Waals surface area (Å²) in [4.78, 5) is 18.7. The van der Waals surface area contributed by atoms with E-state index in [1.54, 1.807) is 12.3 Å². The Balaban J connectivity index is 1.63. The van der Waals surface area contributed by atoms with Gasteiger partial charge >= 0.3 is 0 Å². The van der Waals surface area contributed by atoms with Gasteiger partial charge in [-0.15, -0.1) is 0 Å². The first-order valence-corrected chi connectivity index (χ1v) is 8.27. The largest absolute Gasteiger partial charge is 0.378 e. The van der Waals surface area contributed by atoms with E-state index in [4.69, 9.17) is 4.74 Å². The number of fused-ring (bicyclic) bond motifs is 1. The van der Waals surface area contributed by atoms with Gasteiger partial charge < -0.3 is 14.2 Å². The number of hydrogen-bond donors (Lipinski definition) is 0. The molecule has 1 amide bonds. The molecule has 1 aromatic carbocycles. The average Bonchev–Trinajstić information content (AvgIpc) is 3.04. The molecule has 0 atom stereocenters. The highest BCUT2D eigenvalue weighted by atomic mass is 19.1. The Bertz CT molecular complexity index is 916. The highest BCUT2D eigenvalue weighted by Gasteiger charge is 2.18. The molecule has 3 aromatic rings. The number of aromatic nitrogens is 2. The van der Waals surface area contributed by atoms with Gasteiger partial charge in [-0.2, -0.15) is 0 Å². The summed E-state index contributed by atoms with van der Waals surface area (Å²) >= 11 is 0. The van der Waals surface area contributed by atoms with Crippen molar-refractivity contribution >= 4 is 16.9 Å². The molecule has 0 N–H and O–H groups in total. The number of halogens is 1. The molecule has 0 aliphatic carbocycles. The standard InChI is InChI=1S/C19H18FN3O2/c20-16-3-1-2-14(10-16)15-11-18-17(21-12-15)4-5-23(18)13-19(24)22-6-8-25-9-7-22/h1-5,10-12H,6-9,13H2. The number of carbonyl (C=O) groups is 1. The molecule has 25 heavy (non-hydrogen) atoms. The van der Waals surface area contributed by atoms with Crippen LogP contribution in [0.25, 0.3) is 22.2 Å². The summed E-state index contributed by atoms with van der Waals surface area (Å²) in [7, 11) is 0. The maximum atomic E-state index is 13.5. The first-order valence-electron chi connectivity index (χ1n) is 8.27. The summed E-state index contributed by atoms with van der Waals surface area (Å²) in [5.41, 5.74) is 3.27. The van der Waals surface area contributed by atoms with Gasteiger partial charge in [0.2, 0.25) is 5.91 Å². The van der Waals surface area contributed by atoms with Crippen LogP contribution in [0, 0.1) is 5.82 Å². The SMILES string of the molecule is O=C(Cn1ccc2ncc(-c3cccc(F)c3)cc21)N1CCOCC1. The van der Waals surface area contributed by atoms with E-state index < -0.39 is 0 Å². The molecule has 2 aromatic heterocycles. The lowest BCUT2D eigenvalue weighted by molar-refractivity contribution is -0.135. The second-order valence-electron chi connectivity index (χ2n) is 6.08. The lowest BCUT2D eigenvalue weighted by atomic mass is 10.1.